The van der Waals surface area contributed by atoms with Crippen LogP contribution in [-0.2, 0) is 14.3 Å². The summed E-state index contributed by atoms with van der Waals surface area (Å²) in [6, 6.07) is 0. The molecule has 2 aliphatic carbocycles. The van der Waals surface area contributed by atoms with E-state index in [1.54, 1.807) is 0 Å². The van der Waals surface area contributed by atoms with Crippen molar-refractivity contribution in [2.75, 3.05) is 26.2 Å². The van der Waals surface area contributed by atoms with E-state index in [4.69, 9.17) is 4.74 Å². The molecule has 0 aromatic heterocycles. The first-order valence-corrected chi connectivity index (χ1v) is 8.90. The van der Waals surface area contributed by atoms with Crippen LogP contribution in [0.15, 0.2) is 0 Å². The predicted molar refractivity (Wildman–Crippen MR) is 81.3 cm³/mol. The van der Waals surface area contributed by atoms with Crippen LogP contribution in [0.4, 0.5) is 8.78 Å². The molecule has 1 N–H and O–H groups in total. The minimum absolute atomic E-state index is 0.0537. The van der Waals surface area contributed by atoms with Crippen LogP contribution >= 0.6 is 0 Å². The van der Waals surface area contributed by atoms with Crippen molar-refractivity contribution in [3.05, 3.63) is 0 Å². The number of carbonyl (C=O) groups excluding carboxylic acids is 2. The van der Waals surface area contributed by atoms with Gasteiger partial charge in [0.15, 0.2) is 0 Å². The lowest BCUT2D eigenvalue weighted by molar-refractivity contribution is -0.150. The molecule has 4 fully saturated rings. The average molecular weight is 342 g/mol. The molecule has 2 saturated heterocycles. The number of nitrogens with zero attached hydrogens (tertiary/aromatic N) is 1. The van der Waals surface area contributed by atoms with Crippen molar-refractivity contribution < 1.29 is 23.1 Å². The number of likely N-dealkylation sites (tertiary alicyclic amines) is 1. The first-order chi connectivity index (χ1) is 11.3. The third kappa shape index (κ3) is 2.91. The van der Waals surface area contributed by atoms with E-state index in [0.717, 1.165) is 6.42 Å². The third-order valence-corrected chi connectivity index (χ3v) is 6.18. The van der Waals surface area contributed by atoms with Crippen LogP contribution in [0.25, 0.3) is 0 Å². The van der Waals surface area contributed by atoms with Gasteiger partial charge in [0.1, 0.15) is 0 Å². The maximum Gasteiger partial charge on any atom is 0.249 e. The average Bonchev–Trinajstić information content (AvgIpc) is 2.93. The Hall–Kier alpha value is -1.24. The monoisotopic (exact) mass is 342 g/mol. The first kappa shape index (κ1) is 16.2. The van der Waals surface area contributed by atoms with Gasteiger partial charge in [-0.1, -0.05) is 6.92 Å². The molecular formula is C17H24F2N2O3. The van der Waals surface area contributed by atoms with Crippen LogP contribution in [0.2, 0.25) is 0 Å². The number of amides is 2. The lowest BCUT2D eigenvalue weighted by Gasteiger charge is -2.34. The molecule has 4 rings (SSSR count). The number of fused-ring (bicyclic) bond motifs is 1. The number of rotatable bonds is 4. The maximum absolute atomic E-state index is 12.8. The molecule has 0 unspecified atom stereocenters. The Morgan fingerprint density at radius 2 is 2.00 bits per heavy atom. The molecule has 5 nitrogen and oxygen atoms in total. The molecule has 0 radical (unpaired) electrons. The smallest absolute Gasteiger partial charge is 0.249 e. The highest BCUT2D eigenvalue weighted by Crippen LogP contribution is 2.43. The van der Waals surface area contributed by atoms with Crippen LogP contribution in [-0.4, -0.2) is 55.0 Å². The van der Waals surface area contributed by atoms with Crippen molar-refractivity contribution in [3.63, 3.8) is 0 Å². The van der Waals surface area contributed by atoms with Crippen LogP contribution in [0.3, 0.4) is 0 Å². The molecule has 2 aliphatic heterocycles. The Morgan fingerprint density at radius 3 is 2.62 bits per heavy atom. The minimum atomic E-state index is -2.67. The number of hydrogen-bond acceptors (Lipinski definition) is 3. The molecule has 0 aromatic carbocycles. The van der Waals surface area contributed by atoms with E-state index in [1.807, 2.05) is 4.90 Å². The molecule has 4 aliphatic rings. The van der Waals surface area contributed by atoms with Crippen LogP contribution in [0.1, 0.15) is 26.2 Å². The lowest BCUT2D eigenvalue weighted by Crippen LogP contribution is -2.46. The molecular weight excluding hydrogens is 318 g/mol. The third-order valence-electron chi connectivity index (χ3n) is 6.18. The fourth-order valence-corrected chi connectivity index (χ4v) is 4.31. The summed E-state index contributed by atoms with van der Waals surface area (Å²) in [6.07, 6.45) is 0.358. The second kappa shape index (κ2) is 5.64. The van der Waals surface area contributed by atoms with Gasteiger partial charge in [0.05, 0.1) is 12.7 Å². The van der Waals surface area contributed by atoms with Gasteiger partial charge in [0.2, 0.25) is 17.7 Å². The highest BCUT2D eigenvalue weighted by atomic mass is 19.3. The molecule has 7 heteroatoms. The Kier molecular flexibility index (Phi) is 3.82. The Bertz CT molecular complexity index is 548. The zero-order valence-corrected chi connectivity index (χ0v) is 13.8. The number of ether oxygens (including phenoxy) is 1. The first-order valence-electron chi connectivity index (χ1n) is 8.90. The molecule has 0 bridgehead atoms. The molecule has 24 heavy (non-hydrogen) atoms. The number of nitrogens with one attached hydrogen (secondary N) is 1. The minimum Gasteiger partial charge on any atom is -0.376 e. The molecule has 2 saturated carbocycles. The van der Waals surface area contributed by atoms with Gasteiger partial charge in [-0.15, -0.1) is 0 Å². The maximum atomic E-state index is 12.8. The Balaban J connectivity index is 1.26. The van der Waals surface area contributed by atoms with E-state index in [1.165, 1.54) is 0 Å². The summed E-state index contributed by atoms with van der Waals surface area (Å²) < 4.78 is 31.5. The summed E-state index contributed by atoms with van der Waals surface area (Å²) in [5, 5.41) is 2.81. The summed E-state index contributed by atoms with van der Waals surface area (Å²) in [6.45, 7) is 4.45. The highest BCUT2D eigenvalue weighted by molar-refractivity contribution is 5.82. The number of hydrogen-bond donors (Lipinski definition) is 1. The fraction of sp³-hybridized carbons (Fsp3) is 0.882. The summed E-state index contributed by atoms with van der Waals surface area (Å²) >= 11 is 0. The second-order valence-electron chi connectivity index (χ2n) is 8.06. The van der Waals surface area contributed by atoms with Gasteiger partial charge in [-0.2, -0.15) is 0 Å². The van der Waals surface area contributed by atoms with Gasteiger partial charge < -0.3 is 15.0 Å². The van der Waals surface area contributed by atoms with Gasteiger partial charge in [0.25, 0.3) is 0 Å². The largest absolute Gasteiger partial charge is 0.376 e. The van der Waals surface area contributed by atoms with Crippen molar-refractivity contribution in [2.45, 2.75) is 38.2 Å². The van der Waals surface area contributed by atoms with Crippen LogP contribution < -0.4 is 5.32 Å². The number of carbonyl (C=O) groups is 2. The highest BCUT2D eigenvalue weighted by Gasteiger charge is 2.51. The van der Waals surface area contributed by atoms with Crippen molar-refractivity contribution >= 4 is 11.8 Å². The molecule has 0 aromatic rings. The topological polar surface area (TPSA) is 58.6 Å². The summed E-state index contributed by atoms with van der Waals surface area (Å²) in [7, 11) is 0. The zero-order valence-electron chi connectivity index (χ0n) is 13.8. The fourth-order valence-electron chi connectivity index (χ4n) is 4.31. The van der Waals surface area contributed by atoms with E-state index in [2.05, 4.69) is 12.2 Å². The van der Waals surface area contributed by atoms with E-state index in [-0.39, 0.29) is 48.5 Å². The number of alkyl halides is 2. The molecule has 2 amide bonds. The Labute approximate surface area is 140 Å². The molecule has 134 valence electrons. The molecule has 0 spiro atoms. The summed E-state index contributed by atoms with van der Waals surface area (Å²) in [5.74, 6) is -2.19. The van der Waals surface area contributed by atoms with Crippen molar-refractivity contribution in [1.29, 1.82) is 0 Å². The number of halogens is 2. The summed E-state index contributed by atoms with van der Waals surface area (Å²) in [5.41, 5.74) is 0. The van der Waals surface area contributed by atoms with E-state index < -0.39 is 11.8 Å². The van der Waals surface area contributed by atoms with Crippen molar-refractivity contribution in [1.82, 2.24) is 10.2 Å². The van der Waals surface area contributed by atoms with Gasteiger partial charge >= 0.3 is 0 Å². The molecule has 5 atom stereocenters. The SMILES string of the molecule is C[C@H]1C[C@H]1C(=O)N1C[C@@H]2[C@@H](CNC(=O)C3CC(F)(F)C3)CO[C@@H]2C1. The quantitative estimate of drug-likeness (QED) is 0.837. The van der Waals surface area contributed by atoms with Crippen molar-refractivity contribution in [2.24, 2.45) is 29.6 Å². The van der Waals surface area contributed by atoms with Gasteiger partial charge in [-0.25, -0.2) is 8.78 Å². The van der Waals surface area contributed by atoms with Crippen LogP contribution in [0, 0.1) is 29.6 Å². The standard InChI is InChI=1S/C17H24F2N2O3/c1-9-2-12(9)16(23)21-6-13-11(8-24-14(13)7-21)5-20-15(22)10-3-17(18,19)4-10/h9-14H,2-8H2,1H3,(H,20,22)/t9-,11-,12+,13+,14+/m0/s1. The predicted octanol–water partition coefficient (Wildman–Crippen LogP) is 1.28. The van der Waals surface area contributed by atoms with E-state index >= 15 is 0 Å². The lowest BCUT2D eigenvalue weighted by atomic mass is 9.80. The second-order valence-corrected chi connectivity index (χ2v) is 8.06. The van der Waals surface area contributed by atoms with Gasteiger partial charge in [0, 0.05) is 56.1 Å². The zero-order chi connectivity index (χ0) is 17.1. The van der Waals surface area contributed by atoms with E-state index in [0.29, 0.717) is 32.2 Å². The van der Waals surface area contributed by atoms with Gasteiger partial charge in [-0.05, 0) is 12.3 Å². The Morgan fingerprint density at radius 1 is 1.29 bits per heavy atom. The van der Waals surface area contributed by atoms with Crippen LogP contribution in [0.5, 0.6) is 0 Å². The van der Waals surface area contributed by atoms with E-state index in [9.17, 15) is 18.4 Å². The van der Waals surface area contributed by atoms with Gasteiger partial charge in [-0.3, -0.25) is 9.59 Å². The summed E-state index contributed by atoms with van der Waals surface area (Å²) in [4.78, 5) is 26.2. The normalized spacial score (nSPS) is 40.1. The van der Waals surface area contributed by atoms with Crippen molar-refractivity contribution in [3.8, 4) is 0 Å². The molecule has 2 heterocycles.